The highest BCUT2D eigenvalue weighted by atomic mass is 35.5. The second kappa shape index (κ2) is 11.0. The van der Waals surface area contributed by atoms with E-state index in [0.717, 1.165) is 0 Å². The lowest BCUT2D eigenvalue weighted by atomic mass is 9.84. The lowest BCUT2D eigenvalue weighted by Crippen LogP contribution is -2.40. The van der Waals surface area contributed by atoms with Crippen molar-refractivity contribution < 1.29 is 28.7 Å². The predicted octanol–water partition coefficient (Wildman–Crippen LogP) is 4.34. The van der Waals surface area contributed by atoms with Crippen molar-refractivity contribution in [3.8, 4) is 0 Å². The van der Waals surface area contributed by atoms with E-state index >= 15 is 0 Å². The number of pyridine rings is 1. The molecule has 194 valence electrons. The van der Waals surface area contributed by atoms with Crippen LogP contribution in [0.1, 0.15) is 48.7 Å². The van der Waals surface area contributed by atoms with E-state index in [2.05, 4.69) is 15.6 Å². The summed E-state index contributed by atoms with van der Waals surface area (Å²) in [4.78, 5) is 55.1. The van der Waals surface area contributed by atoms with Gasteiger partial charge in [0.25, 0.3) is 5.91 Å². The van der Waals surface area contributed by atoms with Crippen LogP contribution in [0.2, 0.25) is 5.02 Å². The summed E-state index contributed by atoms with van der Waals surface area (Å²) < 4.78 is 5.81. The number of benzene rings is 1. The maximum atomic E-state index is 13.3. The summed E-state index contributed by atoms with van der Waals surface area (Å²) >= 11 is 5.87. The number of halogens is 1. The summed E-state index contributed by atoms with van der Waals surface area (Å²) in [7, 11) is 1.76. The molecule has 0 radical (unpaired) electrons. The quantitative estimate of drug-likeness (QED) is 0.415. The molecule has 2 heterocycles. The van der Waals surface area contributed by atoms with Crippen LogP contribution in [0, 0.1) is 5.92 Å². The number of furan rings is 1. The largest absolute Gasteiger partial charge is 0.481 e. The van der Waals surface area contributed by atoms with Gasteiger partial charge in [0.15, 0.2) is 0 Å². The van der Waals surface area contributed by atoms with E-state index in [1.807, 2.05) is 0 Å². The van der Waals surface area contributed by atoms with E-state index in [1.165, 1.54) is 19.2 Å². The SMILES string of the molecule is CC(=O)N(C)C1CCC(C(=O)Nc2c(C(=O)Nc3ccc(Cl)cn3)oc3ccc(CC(=O)O)cc23)CC1. The summed E-state index contributed by atoms with van der Waals surface area (Å²) in [6.45, 7) is 1.52. The number of carbonyl (C=O) groups is 4. The maximum absolute atomic E-state index is 13.3. The molecule has 0 bridgehead atoms. The zero-order chi connectivity index (χ0) is 26.7. The van der Waals surface area contributed by atoms with Gasteiger partial charge in [-0.15, -0.1) is 0 Å². The zero-order valence-corrected chi connectivity index (χ0v) is 21.2. The number of aromatic nitrogens is 1. The van der Waals surface area contributed by atoms with Crippen LogP contribution in [0.5, 0.6) is 0 Å². The minimum atomic E-state index is -1.01. The number of hydrogen-bond acceptors (Lipinski definition) is 6. The molecule has 0 spiro atoms. The summed E-state index contributed by atoms with van der Waals surface area (Å²) in [5, 5.41) is 15.5. The van der Waals surface area contributed by atoms with Crippen LogP contribution in [0.4, 0.5) is 11.5 Å². The lowest BCUT2D eigenvalue weighted by molar-refractivity contribution is -0.136. The molecule has 3 aromatic rings. The van der Waals surface area contributed by atoms with E-state index in [4.69, 9.17) is 16.0 Å². The predicted molar refractivity (Wildman–Crippen MR) is 138 cm³/mol. The third-order valence-corrected chi connectivity index (χ3v) is 6.87. The van der Waals surface area contributed by atoms with E-state index in [9.17, 15) is 24.3 Å². The van der Waals surface area contributed by atoms with Crippen molar-refractivity contribution >= 4 is 57.8 Å². The molecule has 1 aliphatic rings. The number of carboxylic acids is 1. The normalized spacial score (nSPS) is 17.3. The van der Waals surface area contributed by atoms with Gasteiger partial charge in [-0.25, -0.2) is 4.98 Å². The van der Waals surface area contributed by atoms with Crippen molar-refractivity contribution in [3.05, 3.63) is 52.9 Å². The topological polar surface area (TPSA) is 142 Å². The number of nitrogens with one attached hydrogen (secondary N) is 2. The number of rotatable bonds is 7. The summed E-state index contributed by atoms with van der Waals surface area (Å²) in [5.41, 5.74) is 0.988. The Labute approximate surface area is 218 Å². The molecule has 11 heteroatoms. The van der Waals surface area contributed by atoms with Gasteiger partial charge >= 0.3 is 5.97 Å². The zero-order valence-electron chi connectivity index (χ0n) is 20.4. The fourth-order valence-electron chi connectivity index (χ4n) is 4.54. The summed E-state index contributed by atoms with van der Waals surface area (Å²) in [6, 6.07) is 7.96. The third kappa shape index (κ3) is 6.08. The molecule has 3 N–H and O–H groups in total. The Morgan fingerprint density at radius 1 is 1.11 bits per heavy atom. The molecular formula is C26H27ClN4O6. The van der Waals surface area contributed by atoms with Gasteiger partial charge in [0.1, 0.15) is 17.1 Å². The molecule has 1 fully saturated rings. The van der Waals surface area contributed by atoms with Crippen molar-refractivity contribution in [2.24, 2.45) is 5.92 Å². The molecule has 0 atom stereocenters. The fraction of sp³-hybridized carbons (Fsp3) is 0.346. The first-order valence-electron chi connectivity index (χ1n) is 11.9. The molecule has 1 aliphatic carbocycles. The van der Waals surface area contributed by atoms with Crippen LogP contribution in [-0.2, 0) is 20.8 Å². The number of aliphatic carboxylic acids is 1. The molecule has 10 nitrogen and oxygen atoms in total. The summed E-state index contributed by atoms with van der Waals surface area (Å²) in [5.74, 6) is -2.11. The minimum Gasteiger partial charge on any atom is -0.481 e. The van der Waals surface area contributed by atoms with E-state index in [0.29, 0.717) is 47.2 Å². The van der Waals surface area contributed by atoms with E-state index in [-0.39, 0.29) is 47.5 Å². The van der Waals surface area contributed by atoms with Crippen LogP contribution in [0.15, 0.2) is 40.9 Å². The van der Waals surface area contributed by atoms with Gasteiger partial charge in [0.05, 0.1) is 11.4 Å². The van der Waals surface area contributed by atoms with Crippen LogP contribution in [-0.4, -0.2) is 51.8 Å². The van der Waals surface area contributed by atoms with Crippen molar-refractivity contribution in [2.45, 2.75) is 45.1 Å². The van der Waals surface area contributed by atoms with Gasteiger partial charge in [-0.05, 0) is 55.5 Å². The van der Waals surface area contributed by atoms with Gasteiger partial charge < -0.3 is 25.1 Å². The van der Waals surface area contributed by atoms with Gasteiger partial charge in [0, 0.05) is 37.5 Å². The first-order valence-corrected chi connectivity index (χ1v) is 12.2. The molecule has 1 saturated carbocycles. The van der Waals surface area contributed by atoms with E-state index < -0.39 is 11.9 Å². The highest BCUT2D eigenvalue weighted by Gasteiger charge is 2.31. The number of carboxylic acid groups (broad SMARTS) is 1. The van der Waals surface area contributed by atoms with Crippen LogP contribution in [0.3, 0.4) is 0 Å². The van der Waals surface area contributed by atoms with E-state index in [1.54, 1.807) is 36.2 Å². The monoisotopic (exact) mass is 526 g/mol. The molecule has 1 aromatic carbocycles. The van der Waals surface area contributed by atoms with Crippen molar-refractivity contribution in [3.63, 3.8) is 0 Å². The molecule has 37 heavy (non-hydrogen) atoms. The highest BCUT2D eigenvalue weighted by Crippen LogP contribution is 2.35. The first kappa shape index (κ1) is 26.2. The average Bonchev–Trinajstić information content (AvgIpc) is 3.22. The number of fused-ring (bicyclic) bond motifs is 1. The summed E-state index contributed by atoms with van der Waals surface area (Å²) in [6.07, 6.45) is 3.72. The highest BCUT2D eigenvalue weighted by molar-refractivity contribution is 6.30. The number of hydrogen-bond donors (Lipinski definition) is 3. The van der Waals surface area contributed by atoms with Crippen molar-refractivity contribution in [1.29, 1.82) is 0 Å². The smallest absolute Gasteiger partial charge is 0.307 e. The number of amides is 3. The second-order valence-corrected chi connectivity index (χ2v) is 9.58. The van der Waals surface area contributed by atoms with Gasteiger partial charge in [-0.2, -0.15) is 0 Å². The molecule has 0 aliphatic heterocycles. The van der Waals surface area contributed by atoms with Crippen molar-refractivity contribution in [2.75, 3.05) is 17.7 Å². The minimum absolute atomic E-state index is 0.0132. The Kier molecular flexibility index (Phi) is 7.77. The Morgan fingerprint density at radius 3 is 2.46 bits per heavy atom. The second-order valence-electron chi connectivity index (χ2n) is 9.15. The Balaban J connectivity index is 1.60. The Morgan fingerprint density at radius 2 is 1.84 bits per heavy atom. The van der Waals surface area contributed by atoms with Crippen LogP contribution >= 0.6 is 11.6 Å². The van der Waals surface area contributed by atoms with Crippen LogP contribution in [0.25, 0.3) is 11.0 Å². The molecule has 0 saturated heterocycles. The Bertz CT molecular complexity index is 1350. The molecule has 4 rings (SSSR count). The standard InChI is InChI=1S/C26H27ClN4O6/c1-14(32)31(2)18-7-4-16(5-8-18)25(35)30-23-19-11-15(12-22(33)34)3-9-20(19)37-24(23)26(36)29-21-10-6-17(27)13-28-21/h3,6,9-11,13,16,18H,4-5,7-8,12H2,1-2H3,(H,30,35)(H,33,34)(H,28,29,36). The number of anilines is 2. The average molecular weight is 527 g/mol. The fourth-order valence-corrected chi connectivity index (χ4v) is 4.66. The molecule has 2 aromatic heterocycles. The van der Waals surface area contributed by atoms with Gasteiger partial charge in [0.2, 0.25) is 17.6 Å². The van der Waals surface area contributed by atoms with Crippen LogP contribution < -0.4 is 10.6 Å². The number of carbonyl (C=O) groups excluding carboxylic acids is 3. The third-order valence-electron chi connectivity index (χ3n) is 6.64. The van der Waals surface area contributed by atoms with Gasteiger partial charge in [-0.3, -0.25) is 19.2 Å². The molecule has 3 amide bonds. The van der Waals surface area contributed by atoms with Crippen molar-refractivity contribution in [1.82, 2.24) is 9.88 Å². The Hall–Kier alpha value is -3.92. The first-order chi connectivity index (χ1) is 17.6. The molecular weight excluding hydrogens is 500 g/mol. The van der Waals surface area contributed by atoms with Gasteiger partial charge in [-0.1, -0.05) is 17.7 Å². The maximum Gasteiger partial charge on any atom is 0.307 e. The number of nitrogens with zero attached hydrogens (tertiary/aromatic N) is 2. The lowest BCUT2D eigenvalue weighted by Gasteiger charge is -2.33. The molecule has 0 unspecified atom stereocenters.